The standard InChI is InChI=1S/C8H17NS/c9-8(6-7-10)4-2-1-3-5-8/h10H,1-7,9H2. The van der Waals surface area contributed by atoms with Gasteiger partial charge in [0.25, 0.3) is 0 Å². The van der Waals surface area contributed by atoms with Crippen molar-refractivity contribution in [2.45, 2.75) is 44.1 Å². The number of rotatable bonds is 2. The minimum atomic E-state index is 0.153. The van der Waals surface area contributed by atoms with Crippen LogP contribution >= 0.6 is 12.6 Å². The van der Waals surface area contributed by atoms with E-state index in [1.165, 1.54) is 32.1 Å². The zero-order valence-corrected chi connectivity index (χ0v) is 7.37. The second-order valence-electron chi connectivity index (χ2n) is 3.40. The third kappa shape index (κ3) is 2.17. The molecule has 1 aliphatic carbocycles. The Hall–Kier alpha value is 0.310. The molecule has 0 saturated heterocycles. The predicted molar refractivity (Wildman–Crippen MR) is 48.5 cm³/mol. The summed E-state index contributed by atoms with van der Waals surface area (Å²) in [6, 6.07) is 0. The summed E-state index contributed by atoms with van der Waals surface area (Å²) in [7, 11) is 0. The molecule has 2 heteroatoms. The largest absolute Gasteiger partial charge is 0.325 e. The predicted octanol–water partition coefficient (Wildman–Crippen LogP) is 1.97. The lowest BCUT2D eigenvalue weighted by Gasteiger charge is -2.32. The van der Waals surface area contributed by atoms with E-state index in [0.717, 1.165) is 12.2 Å². The molecule has 0 radical (unpaired) electrons. The molecule has 1 rings (SSSR count). The summed E-state index contributed by atoms with van der Waals surface area (Å²) in [6.07, 6.45) is 7.55. The summed E-state index contributed by atoms with van der Waals surface area (Å²) >= 11 is 4.20. The van der Waals surface area contributed by atoms with Gasteiger partial charge in [0.05, 0.1) is 0 Å². The first-order valence-corrected chi connectivity index (χ1v) is 4.80. The summed E-state index contributed by atoms with van der Waals surface area (Å²) in [4.78, 5) is 0. The summed E-state index contributed by atoms with van der Waals surface area (Å²) in [5.74, 6) is 0.941. The lowest BCUT2D eigenvalue weighted by atomic mass is 9.81. The van der Waals surface area contributed by atoms with Crippen molar-refractivity contribution in [2.75, 3.05) is 5.75 Å². The highest BCUT2D eigenvalue weighted by Crippen LogP contribution is 2.28. The van der Waals surface area contributed by atoms with Gasteiger partial charge in [-0.05, 0) is 25.0 Å². The van der Waals surface area contributed by atoms with Gasteiger partial charge in [-0.15, -0.1) is 0 Å². The lowest BCUT2D eigenvalue weighted by molar-refractivity contribution is 0.289. The van der Waals surface area contributed by atoms with Crippen LogP contribution in [0.1, 0.15) is 38.5 Å². The zero-order valence-electron chi connectivity index (χ0n) is 6.47. The normalized spacial score (nSPS) is 24.6. The first kappa shape index (κ1) is 8.41. The Morgan fingerprint density at radius 1 is 1.20 bits per heavy atom. The van der Waals surface area contributed by atoms with Crippen molar-refractivity contribution in [3.8, 4) is 0 Å². The quantitative estimate of drug-likeness (QED) is 0.592. The number of hydrogen-bond donors (Lipinski definition) is 2. The Balaban J connectivity index is 2.32. The van der Waals surface area contributed by atoms with Crippen molar-refractivity contribution < 1.29 is 0 Å². The Bertz CT molecular complexity index is 91.9. The first-order valence-electron chi connectivity index (χ1n) is 4.17. The molecule has 0 aromatic rings. The van der Waals surface area contributed by atoms with E-state index in [0.29, 0.717) is 0 Å². The topological polar surface area (TPSA) is 26.0 Å². The van der Waals surface area contributed by atoms with E-state index in [1.54, 1.807) is 0 Å². The molecule has 0 atom stereocenters. The van der Waals surface area contributed by atoms with Gasteiger partial charge in [0, 0.05) is 5.54 Å². The molecule has 0 aliphatic heterocycles. The highest BCUT2D eigenvalue weighted by Gasteiger charge is 2.25. The maximum atomic E-state index is 6.12. The van der Waals surface area contributed by atoms with Gasteiger partial charge in [-0.2, -0.15) is 12.6 Å². The summed E-state index contributed by atoms with van der Waals surface area (Å²) in [5.41, 5.74) is 6.27. The number of nitrogens with two attached hydrogens (primary N) is 1. The van der Waals surface area contributed by atoms with E-state index in [1.807, 2.05) is 0 Å². The van der Waals surface area contributed by atoms with E-state index in [2.05, 4.69) is 12.6 Å². The Kier molecular flexibility index (Phi) is 3.05. The molecule has 0 amide bonds. The Morgan fingerprint density at radius 3 is 2.30 bits per heavy atom. The van der Waals surface area contributed by atoms with Crippen LogP contribution in [-0.4, -0.2) is 11.3 Å². The monoisotopic (exact) mass is 159 g/mol. The molecule has 1 saturated carbocycles. The number of thiol groups is 1. The highest BCUT2D eigenvalue weighted by molar-refractivity contribution is 7.80. The molecule has 0 aromatic carbocycles. The molecule has 1 fully saturated rings. The van der Waals surface area contributed by atoms with Gasteiger partial charge in [-0.1, -0.05) is 19.3 Å². The average molecular weight is 159 g/mol. The molecular weight excluding hydrogens is 142 g/mol. The smallest absolute Gasteiger partial charge is 0.0162 e. The van der Waals surface area contributed by atoms with Crippen LogP contribution in [0.4, 0.5) is 0 Å². The minimum absolute atomic E-state index is 0.153. The minimum Gasteiger partial charge on any atom is -0.325 e. The van der Waals surface area contributed by atoms with Gasteiger partial charge in [0.1, 0.15) is 0 Å². The molecule has 10 heavy (non-hydrogen) atoms. The van der Waals surface area contributed by atoms with Gasteiger partial charge in [0.2, 0.25) is 0 Å². The second-order valence-corrected chi connectivity index (χ2v) is 3.84. The zero-order chi connectivity index (χ0) is 7.45. The maximum absolute atomic E-state index is 6.12. The summed E-state index contributed by atoms with van der Waals surface area (Å²) in [6.45, 7) is 0. The van der Waals surface area contributed by atoms with Crippen molar-refractivity contribution in [3.05, 3.63) is 0 Å². The van der Waals surface area contributed by atoms with Crippen LogP contribution < -0.4 is 5.73 Å². The van der Waals surface area contributed by atoms with Crippen molar-refractivity contribution in [3.63, 3.8) is 0 Å². The second kappa shape index (κ2) is 3.63. The van der Waals surface area contributed by atoms with Gasteiger partial charge < -0.3 is 5.73 Å². The van der Waals surface area contributed by atoms with E-state index >= 15 is 0 Å². The average Bonchev–Trinajstić information content (AvgIpc) is 1.89. The lowest BCUT2D eigenvalue weighted by Crippen LogP contribution is -2.41. The summed E-state index contributed by atoms with van der Waals surface area (Å²) in [5, 5.41) is 0. The number of hydrogen-bond acceptors (Lipinski definition) is 2. The molecule has 1 aliphatic rings. The van der Waals surface area contributed by atoms with Crippen LogP contribution in [0.3, 0.4) is 0 Å². The Morgan fingerprint density at radius 2 is 1.80 bits per heavy atom. The van der Waals surface area contributed by atoms with Crippen molar-refractivity contribution in [1.29, 1.82) is 0 Å². The van der Waals surface area contributed by atoms with Crippen LogP contribution in [0.15, 0.2) is 0 Å². The molecule has 0 heterocycles. The van der Waals surface area contributed by atoms with E-state index in [4.69, 9.17) is 5.73 Å². The van der Waals surface area contributed by atoms with Gasteiger partial charge in [-0.25, -0.2) is 0 Å². The molecule has 1 nitrogen and oxygen atoms in total. The molecular formula is C8H17NS. The molecule has 60 valence electrons. The van der Waals surface area contributed by atoms with E-state index < -0.39 is 0 Å². The third-order valence-corrected chi connectivity index (χ3v) is 2.68. The Labute approximate surface area is 68.8 Å². The maximum Gasteiger partial charge on any atom is 0.0162 e. The molecule has 2 N–H and O–H groups in total. The first-order chi connectivity index (χ1) is 4.77. The van der Waals surface area contributed by atoms with Gasteiger partial charge in [0.15, 0.2) is 0 Å². The van der Waals surface area contributed by atoms with Crippen LogP contribution in [0.5, 0.6) is 0 Å². The fourth-order valence-electron chi connectivity index (χ4n) is 1.73. The van der Waals surface area contributed by atoms with Crippen molar-refractivity contribution >= 4 is 12.6 Å². The fraction of sp³-hybridized carbons (Fsp3) is 1.00. The van der Waals surface area contributed by atoms with Crippen LogP contribution in [0, 0.1) is 0 Å². The van der Waals surface area contributed by atoms with Crippen LogP contribution in [0.25, 0.3) is 0 Å². The van der Waals surface area contributed by atoms with E-state index in [9.17, 15) is 0 Å². The van der Waals surface area contributed by atoms with Gasteiger partial charge >= 0.3 is 0 Å². The molecule has 0 unspecified atom stereocenters. The molecule has 0 spiro atoms. The van der Waals surface area contributed by atoms with Crippen LogP contribution in [0.2, 0.25) is 0 Å². The van der Waals surface area contributed by atoms with Crippen molar-refractivity contribution in [2.24, 2.45) is 5.73 Å². The van der Waals surface area contributed by atoms with Crippen molar-refractivity contribution in [1.82, 2.24) is 0 Å². The molecule has 0 bridgehead atoms. The molecule has 0 aromatic heterocycles. The SMILES string of the molecule is NC1(CCS)CCCCC1. The van der Waals surface area contributed by atoms with E-state index in [-0.39, 0.29) is 5.54 Å². The third-order valence-electron chi connectivity index (χ3n) is 2.46. The fourth-order valence-corrected chi connectivity index (χ4v) is 2.17. The summed E-state index contributed by atoms with van der Waals surface area (Å²) < 4.78 is 0. The highest BCUT2D eigenvalue weighted by atomic mass is 32.1. The van der Waals surface area contributed by atoms with Gasteiger partial charge in [-0.3, -0.25) is 0 Å². The van der Waals surface area contributed by atoms with Crippen LogP contribution in [-0.2, 0) is 0 Å².